The maximum absolute atomic E-state index is 12.0. The average Bonchev–Trinajstić information content (AvgIpc) is 3.20. The van der Waals surface area contributed by atoms with Crippen LogP contribution in [0.25, 0.3) is 11.3 Å². The summed E-state index contributed by atoms with van der Waals surface area (Å²) in [5.41, 5.74) is 1.93. The zero-order valence-corrected chi connectivity index (χ0v) is 13.0. The first-order chi connectivity index (χ1) is 10.7. The van der Waals surface area contributed by atoms with Gasteiger partial charge in [-0.25, -0.2) is 0 Å². The van der Waals surface area contributed by atoms with Crippen molar-refractivity contribution < 1.29 is 4.79 Å². The maximum Gasteiger partial charge on any atom is 0.247 e. The van der Waals surface area contributed by atoms with Crippen LogP contribution in [0.5, 0.6) is 0 Å². The van der Waals surface area contributed by atoms with Gasteiger partial charge in [0.15, 0.2) is 5.82 Å². The summed E-state index contributed by atoms with van der Waals surface area (Å²) < 4.78 is 1.61. The first-order valence-corrected chi connectivity index (χ1v) is 7.95. The zero-order valence-electron chi connectivity index (χ0n) is 12.1. The van der Waals surface area contributed by atoms with E-state index < -0.39 is 0 Å². The molecule has 22 heavy (non-hydrogen) atoms. The summed E-state index contributed by atoms with van der Waals surface area (Å²) in [5, 5.41) is 19.4. The summed E-state index contributed by atoms with van der Waals surface area (Å²) in [7, 11) is 0. The molecule has 0 saturated carbocycles. The Morgan fingerprint density at radius 1 is 1.36 bits per heavy atom. The topological polar surface area (TPSA) is 77.6 Å². The van der Waals surface area contributed by atoms with E-state index in [9.17, 15) is 4.79 Å². The van der Waals surface area contributed by atoms with Gasteiger partial charge in [-0.1, -0.05) is 6.92 Å². The number of carbonyl (C=O) groups excluding carboxylic acids is 1. The minimum Gasteiger partial charge on any atom is -0.306 e. The molecule has 8 heteroatoms. The van der Waals surface area contributed by atoms with Crippen molar-refractivity contribution in [1.82, 2.24) is 24.8 Å². The van der Waals surface area contributed by atoms with Gasteiger partial charge in [0.1, 0.15) is 6.54 Å². The molecule has 114 valence electrons. The van der Waals surface area contributed by atoms with Crippen LogP contribution in [0.15, 0.2) is 35.3 Å². The lowest BCUT2D eigenvalue weighted by atomic mass is 10.2. The van der Waals surface area contributed by atoms with E-state index in [0.717, 1.165) is 24.2 Å². The van der Waals surface area contributed by atoms with Gasteiger partial charge in [0, 0.05) is 17.1 Å². The minimum absolute atomic E-state index is 0.144. The molecule has 1 amide bonds. The van der Waals surface area contributed by atoms with Crippen molar-refractivity contribution in [1.29, 1.82) is 0 Å². The highest BCUT2D eigenvalue weighted by molar-refractivity contribution is 7.08. The Bertz CT molecular complexity index is 745. The molecule has 0 radical (unpaired) electrons. The number of thiophene rings is 1. The maximum atomic E-state index is 12.0. The number of aryl methyl sites for hydroxylation is 1. The fourth-order valence-corrected chi connectivity index (χ4v) is 2.66. The molecule has 0 unspecified atom stereocenters. The molecule has 0 aliphatic rings. The number of hydrogen-bond acceptors (Lipinski definition) is 5. The standard InChI is InChI=1S/C14H16N6OS/c1-2-5-20-15-8-13(18-20)16-14(21)9-19-6-3-12(17-19)11-4-7-22-10-11/h3-4,6-8,10H,2,5,9H2,1H3,(H,16,18,21). The smallest absolute Gasteiger partial charge is 0.247 e. The van der Waals surface area contributed by atoms with E-state index in [1.54, 1.807) is 33.2 Å². The number of nitrogens with one attached hydrogen (secondary N) is 1. The molecule has 0 spiro atoms. The highest BCUT2D eigenvalue weighted by Gasteiger charge is 2.09. The lowest BCUT2D eigenvalue weighted by Crippen LogP contribution is -2.19. The van der Waals surface area contributed by atoms with E-state index in [0.29, 0.717) is 5.82 Å². The predicted octanol–water partition coefficient (Wildman–Crippen LogP) is 2.25. The monoisotopic (exact) mass is 316 g/mol. The second-order valence-corrected chi connectivity index (χ2v) is 5.56. The molecule has 0 aliphatic heterocycles. The Balaban J connectivity index is 1.59. The van der Waals surface area contributed by atoms with Gasteiger partial charge >= 0.3 is 0 Å². The van der Waals surface area contributed by atoms with Crippen molar-refractivity contribution >= 4 is 23.1 Å². The molecule has 7 nitrogen and oxygen atoms in total. The van der Waals surface area contributed by atoms with Crippen LogP contribution in [0, 0.1) is 0 Å². The third-order valence-electron chi connectivity index (χ3n) is 2.99. The number of rotatable bonds is 6. The van der Waals surface area contributed by atoms with Gasteiger partial charge in [0.25, 0.3) is 0 Å². The van der Waals surface area contributed by atoms with Gasteiger partial charge in [-0.3, -0.25) is 9.48 Å². The van der Waals surface area contributed by atoms with Crippen LogP contribution in [0.2, 0.25) is 0 Å². The van der Waals surface area contributed by atoms with Gasteiger partial charge in [-0.05, 0) is 23.9 Å². The van der Waals surface area contributed by atoms with E-state index in [2.05, 4.69) is 20.6 Å². The van der Waals surface area contributed by atoms with Gasteiger partial charge < -0.3 is 5.32 Å². The molecule has 0 fully saturated rings. The summed E-state index contributed by atoms with van der Waals surface area (Å²) in [4.78, 5) is 13.6. The molecule has 3 heterocycles. The Kier molecular flexibility index (Phi) is 4.29. The van der Waals surface area contributed by atoms with Crippen molar-refractivity contribution in [3.63, 3.8) is 0 Å². The molecular formula is C14H16N6OS. The molecule has 3 rings (SSSR count). The largest absolute Gasteiger partial charge is 0.306 e. The number of carbonyl (C=O) groups is 1. The summed E-state index contributed by atoms with van der Waals surface area (Å²) in [6.45, 7) is 2.92. The molecule has 0 saturated heterocycles. The molecule has 3 aromatic heterocycles. The molecule has 0 aromatic carbocycles. The van der Waals surface area contributed by atoms with E-state index in [-0.39, 0.29) is 12.5 Å². The van der Waals surface area contributed by atoms with Crippen LogP contribution in [-0.2, 0) is 17.9 Å². The van der Waals surface area contributed by atoms with Crippen molar-refractivity contribution in [2.45, 2.75) is 26.4 Å². The molecule has 0 aliphatic carbocycles. The van der Waals surface area contributed by atoms with Crippen molar-refractivity contribution in [2.24, 2.45) is 0 Å². The number of aromatic nitrogens is 5. The Hall–Kier alpha value is -2.48. The molecular weight excluding hydrogens is 300 g/mol. The third-order valence-corrected chi connectivity index (χ3v) is 3.67. The van der Waals surface area contributed by atoms with Crippen molar-refractivity contribution in [3.05, 3.63) is 35.3 Å². The predicted molar refractivity (Wildman–Crippen MR) is 84.5 cm³/mol. The molecule has 3 aromatic rings. The van der Waals surface area contributed by atoms with Crippen LogP contribution >= 0.6 is 11.3 Å². The van der Waals surface area contributed by atoms with Crippen LogP contribution in [0.4, 0.5) is 5.82 Å². The quantitative estimate of drug-likeness (QED) is 0.756. The summed E-state index contributed by atoms with van der Waals surface area (Å²) in [5.74, 6) is 0.284. The third kappa shape index (κ3) is 3.40. The number of anilines is 1. The second-order valence-electron chi connectivity index (χ2n) is 4.78. The van der Waals surface area contributed by atoms with E-state index in [4.69, 9.17) is 0 Å². The van der Waals surface area contributed by atoms with E-state index in [1.165, 1.54) is 0 Å². The number of amides is 1. The lowest BCUT2D eigenvalue weighted by molar-refractivity contribution is -0.116. The summed E-state index contributed by atoms with van der Waals surface area (Å²) in [6, 6.07) is 3.90. The van der Waals surface area contributed by atoms with Gasteiger partial charge in [0.05, 0.1) is 18.4 Å². The van der Waals surface area contributed by atoms with Crippen LogP contribution < -0.4 is 5.32 Å². The summed E-state index contributed by atoms with van der Waals surface area (Å²) >= 11 is 1.62. The van der Waals surface area contributed by atoms with E-state index >= 15 is 0 Å². The second kappa shape index (κ2) is 6.52. The first-order valence-electron chi connectivity index (χ1n) is 7.00. The molecule has 0 atom stereocenters. The van der Waals surface area contributed by atoms with Crippen LogP contribution in [0.1, 0.15) is 13.3 Å². The molecule has 1 N–H and O–H groups in total. The average molecular weight is 316 g/mol. The van der Waals surface area contributed by atoms with Gasteiger partial charge in [0.2, 0.25) is 5.91 Å². The fraction of sp³-hybridized carbons (Fsp3) is 0.286. The van der Waals surface area contributed by atoms with Crippen LogP contribution in [0.3, 0.4) is 0 Å². The van der Waals surface area contributed by atoms with Gasteiger partial charge in [-0.2, -0.15) is 26.3 Å². The highest BCUT2D eigenvalue weighted by atomic mass is 32.1. The van der Waals surface area contributed by atoms with E-state index in [1.807, 2.05) is 29.8 Å². The van der Waals surface area contributed by atoms with Crippen molar-refractivity contribution in [2.75, 3.05) is 5.32 Å². The lowest BCUT2D eigenvalue weighted by Gasteiger charge is -2.01. The molecule has 0 bridgehead atoms. The number of hydrogen-bond donors (Lipinski definition) is 1. The normalized spacial score (nSPS) is 10.8. The number of nitrogens with zero attached hydrogens (tertiary/aromatic N) is 5. The van der Waals surface area contributed by atoms with Gasteiger partial charge in [-0.15, -0.1) is 5.10 Å². The SMILES string of the molecule is CCCn1ncc(NC(=O)Cn2ccc(-c3ccsc3)n2)n1. The van der Waals surface area contributed by atoms with Crippen molar-refractivity contribution in [3.8, 4) is 11.3 Å². The Labute approximate surface area is 131 Å². The summed E-state index contributed by atoms with van der Waals surface area (Å²) in [6.07, 6.45) is 4.29. The highest BCUT2D eigenvalue weighted by Crippen LogP contribution is 2.19. The minimum atomic E-state index is -0.177. The van der Waals surface area contributed by atoms with Crippen LogP contribution in [-0.4, -0.2) is 30.7 Å². The fourth-order valence-electron chi connectivity index (χ4n) is 2.01. The zero-order chi connectivity index (χ0) is 15.4. The first kappa shape index (κ1) is 14.5. The Morgan fingerprint density at radius 2 is 2.27 bits per heavy atom. The Morgan fingerprint density at radius 3 is 3.05 bits per heavy atom.